The fourth-order valence-corrected chi connectivity index (χ4v) is 7.19. The molecule has 0 unspecified atom stereocenters. The van der Waals surface area contributed by atoms with Gasteiger partial charge in [-0.15, -0.1) is 20.4 Å². The van der Waals surface area contributed by atoms with Gasteiger partial charge in [-0.25, -0.2) is 0 Å². The molecule has 2 aliphatic rings. The number of ether oxygens (including phenoxy) is 1. The Hall–Kier alpha value is -5.32. The highest BCUT2D eigenvalue weighted by Crippen LogP contribution is 2.36. The summed E-state index contributed by atoms with van der Waals surface area (Å²) in [7, 11) is 4.37. The topological polar surface area (TPSA) is 135 Å². The number of aromatic nitrogens is 6. The summed E-state index contributed by atoms with van der Waals surface area (Å²) in [6, 6.07) is 23.9. The normalized spacial score (nSPS) is 17.7. The van der Waals surface area contributed by atoms with E-state index in [0.29, 0.717) is 0 Å². The Bertz CT molecular complexity index is 2220. The Morgan fingerprint density at radius 3 is 1.75 bits per heavy atom. The predicted octanol–water partition coefficient (Wildman–Crippen LogP) is 5.85. The number of likely N-dealkylation sites (tertiary alicyclic amines) is 2. The summed E-state index contributed by atoms with van der Waals surface area (Å²) in [5.41, 5.74) is 1.28. The summed E-state index contributed by atoms with van der Waals surface area (Å²) in [6.45, 7) is 5.43. The van der Waals surface area contributed by atoms with E-state index < -0.39 is 17.3 Å². The Labute approximate surface area is 333 Å². The number of benzene rings is 3. The van der Waals surface area contributed by atoms with Crippen LogP contribution < -0.4 is 26.5 Å². The van der Waals surface area contributed by atoms with E-state index in [1.54, 1.807) is 7.05 Å². The van der Waals surface area contributed by atoms with E-state index in [0.717, 1.165) is 77.1 Å². The maximum absolute atomic E-state index is 13.1. The minimum Gasteiger partial charge on any atom is -0.496 e. The maximum atomic E-state index is 13.1. The molecule has 17 heteroatoms. The Balaban J connectivity index is 0.000000208. The van der Waals surface area contributed by atoms with Crippen molar-refractivity contribution in [3.8, 4) is 17.1 Å². The van der Waals surface area contributed by atoms with Crippen molar-refractivity contribution in [3.63, 3.8) is 0 Å². The third-order valence-corrected chi connectivity index (χ3v) is 10.4. The van der Waals surface area contributed by atoms with Gasteiger partial charge in [0.25, 0.3) is 11.1 Å². The van der Waals surface area contributed by atoms with Gasteiger partial charge in [0.15, 0.2) is 5.82 Å². The first-order chi connectivity index (χ1) is 27.4. The van der Waals surface area contributed by atoms with E-state index >= 15 is 0 Å². The molecule has 0 saturated carbocycles. The molecule has 2 aliphatic heterocycles. The number of halogens is 4. The Morgan fingerprint density at radius 1 is 0.737 bits per heavy atom. The third-order valence-electron chi connectivity index (χ3n) is 10.0. The molecule has 3 aromatic carbocycles. The molecule has 2 saturated heterocycles. The van der Waals surface area contributed by atoms with Crippen LogP contribution in [0.5, 0.6) is 5.75 Å². The predicted molar refractivity (Wildman–Crippen MR) is 213 cm³/mol. The second kappa shape index (κ2) is 18.7. The first kappa shape index (κ1) is 41.3. The minimum absolute atomic E-state index is 0.0333. The Kier molecular flexibility index (Phi) is 13.6. The van der Waals surface area contributed by atoms with Crippen LogP contribution in [0.25, 0.3) is 11.4 Å². The second-order valence-electron chi connectivity index (χ2n) is 14.2. The van der Waals surface area contributed by atoms with Gasteiger partial charge in [-0.3, -0.25) is 28.5 Å². The number of hydrogen-bond donors (Lipinski definition) is 2. The Morgan fingerprint density at radius 2 is 1.25 bits per heavy atom. The van der Waals surface area contributed by atoms with Gasteiger partial charge in [0, 0.05) is 52.4 Å². The second-order valence-corrected chi connectivity index (χ2v) is 14.6. The van der Waals surface area contributed by atoms with Crippen LogP contribution in [0, 0.1) is 0 Å². The summed E-state index contributed by atoms with van der Waals surface area (Å²) in [5.74, 6) is 0.464. The standard InChI is InChI=1S/C24H26F3N5O2.C16H20ClN5O/c1-31-22(19-11-10-17(24(25,26)27)13-20(19)34-2)30-29-21(23(31)33)28-18-9-6-12-32(15-18)14-16-7-4-3-5-8-16;1-21-15(23)14(19-20-16(21)17)18-13-8-5-9-22(11-13)10-12-6-3-2-4-7-12/h3-5,7-8,10-11,13,18H,6,9,12,14-15H2,1-2H3,(H,28,29);2-4,6-7,13H,5,8-11H2,1H3,(H,18,19)/t18-;13-/m11/s1. The van der Waals surface area contributed by atoms with E-state index in [1.807, 2.05) is 24.3 Å². The zero-order valence-corrected chi connectivity index (χ0v) is 32.8. The average molecular weight is 807 g/mol. The average Bonchev–Trinajstić information content (AvgIpc) is 3.21. The number of rotatable bonds is 10. The molecule has 0 radical (unpaired) electrons. The fraction of sp³-hybridized carbons (Fsp3) is 0.400. The van der Waals surface area contributed by atoms with Crippen molar-refractivity contribution in [2.45, 2.75) is 57.0 Å². The van der Waals surface area contributed by atoms with Gasteiger partial charge in [0.2, 0.25) is 16.9 Å². The molecule has 2 fully saturated rings. The molecule has 4 heterocycles. The quantitative estimate of drug-likeness (QED) is 0.176. The van der Waals surface area contributed by atoms with Gasteiger partial charge >= 0.3 is 6.18 Å². The lowest BCUT2D eigenvalue weighted by molar-refractivity contribution is -0.137. The number of hydrogen-bond acceptors (Lipinski definition) is 11. The zero-order valence-electron chi connectivity index (χ0n) is 32.0. The molecule has 0 bridgehead atoms. The SMILES string of the molecule is COc1cc(C(F)(F)F)ccc1-c1nnc(N[C@@H]2CCCN(Cc3ccccc3)C2)c(=O)n1C.Cn1c(Cl)nnc(N[C@@H]2CCCN(Cc3ccccc3)C2)c1=O. The number of piperidine rings is 2. The molecule has 2 N–H and O–H groups in total. The number of nitrogens with one attached hydrogen (secondary N) is 2. The van der Waals surface area contributed by atoms with E-state index in [4.69, 9.17) is 16.3 Å². The highest BCUT2D eigenvalue weighted by molar-refractivity contribution is 6.28. The van der Waals surface area contributed by atoms with Gasteiger partial charge in [-0.05, 0) is 79.7 Å². The molecule has 5 aromatic rings. The molecule has 302 valence electrons. The molecule has 7 rings (SSSR count). The van der Waals surface area contributed by atoms with E-state index in [2.05, 4.69) is 77.2 Å². The van der Waals surface area contributed by atoms with Crippen LogP contribution in [0.15, 0.2) is 88.5 Å². The van der Waals surface area contributed by atoms with Crippen LogP contribution in [0.1, 0.15) is 42.4 Å². The summed E-state index contributed by atoms with van der Waals surface area (Å²) in [6.07, 6.45) is -0.528. The summed E-state index contributed by atoms with van der Waals surface area (Å²) >= 11 is 5.80. The van der Waals surface area contributed by atoms with Crippen LogP contribution in [-0.4, -0.2) is 84.7 Å². The van der Waals surface area contributed by atoms with Gasteiger partial charge in [0.05, 0.1) is 18.2 Å². The summed E-state index contributed by atoms with van der Waals surface area (Å²) in [4.78, 5) is 29.9. The largest absolute Gasteiger partial charge is 0.496 e. The lowest BCUT2D eigenvalue weighted by Crippen LogP contribution is -2.43. The lowest BCUT2D eigenvalue weighted by atomic mass is 10.0. The van der Waals surface area contributed by atoms with Gasteiger partial charge in [0.1, 0.15) is 5.75 Å². The van der Waals surface area contributed by atoms with E-state index in [-0.39, 0.29) is 51.7 Å². The van der Waals surface area contributed by atoms with Crippen molar-refractivity contribution in [1.29, 1.82) is 0 Å². The van der Waals surface area contributed by atoms with Crippen LogP contribution in [0.2, 0.25) is 5.28 Å². The molecular formula is C40H46ClF3N10O3. The lowest BCUT2D eigenvalue weighted by Gasteiger charge is -2.33. The van der Waals surface area contributed by atoms with Crippen LogP contribution in [0.3, 0.4) is 0 Å². The first-order valence-electron chi connectivity index (χ1n) is 18.7. The van der Waals surface area contributed by atoms with Gasteiger partial charge < -0.3 is 15.4 Å². The number of nitrogens with zero attached hydrogens (tertiary/aromatic N) is 8. The van der Waals surface area contributed by atoms with Crippen LogP contribution in [0.4, 0.5) is 24.8 Å². The highest BCUT2D eigenvalue weighted by Gasteiger charge is 2.32. The highest BCUT2D eigenvalue weighted by atomic mass is 35.5. The molecular weight excluding hydrogens is 761 g/mol. The number of anilines is 2. The minimum atomic E-state index is -4.51. The van der Waals surface area contributed by atoms with E-state index in [1.165, 1.54) is 40.5 Å². The zero-order chi connectivity index (χ0) is 40.5. The number of methoxy groups -OCH3 is 1. The van der Waals surface area contributed by atoms with Crippen LogP contribution >= 0.6 is 11.6 Å². The van der Waals surface area contributed by atoms with Crippen molar-refractivity contribution in [2.75, 3.05) is 43.9 Å². The van der Waals surface area contributed by atoms with Gasteiger partial charge in [-0.1, -0.05) is 60.7 Å². The third kappa shape index (κ3) is 10.8. The van der Waals surface area contributed by atoms with Gasteiger partial charge in [-0.2, -0.15) is 13.2 Å². The summed E-state index contributed by atoms with van der Waals surface area (Å²) < 4.78 is 46.9. The van der Waals surface area contributed by atoms with Crippen molar-refractivity contribution < 1.29 is 17.9 Å². The molecule has 0 aliphatic carbocycles. The number of alkyl halides is 3. The van der Waals surface area contributed by atoms with Crippen molar-refractivity contribution in [2.24, 2.45) is 14.1 Å². The fourth-order valence-electron chi connectivity index (χ4n) is 7.08. The van der Waals surface area contributed by atoms with Crippen LogP contribution in [-0.2, 0) is 33.4 Å². The molecule has 57 heavy (non-hydrogen) atoms. The van der Waals surface area contributed by atoms with Crippen molar-refractivity contribution in [3.05, 3.63) is 122 Å². The van der Waals surface area contributed by atoms with Crippen molar-refractivity contribution in [1.82, 2.24) is 39.3 Å². The van der Waals surface area contributed by atoms with Crippen molar-refractivity contribution >= 4 is 23.2 Å². The monoisotopic (exact) mass is 806 g/mol. The smallest absolute Gasteiger partial charge is 0.416 e. The summed E-state index contributed by atoms with van der Waals surface area (Å²) in [5, 5.41) is 22.4. The molecule has 13 nitrogen and oxygen atoms in total. The maximum Gasteiger partial charge on any atom is 0.416 e. The molecule has 2 atom stereocenters. The van der Waals surface area contributed by atoms with E-state index in [9.17, 15) is 22.8 Å². The molecule has 2 aromatic heterocycles. The molecule has 0 amide bonds. The molecule has 0 spiro atoms. The first-order valence-corrected chi connectivity index (χ1v) is 19.1.